The van der Waals surface area contributed by atoms with Gasteiger partial charge in [-0.1, -0.05) is 45.1 Å². The number of ether oxygens (including phenoxy) is 4. The molecule has 0 bridgehead atoms. The minimum absolute atomic E-state index is 0.0337. The molecule has 0 radical (unpaired) electrons. The number of hydrogen-bond acceptors (Lipinski definition) is 9. The summed E-state index contributed by atoms with van der Waals surface area (Å²) in [5, 5.41) is 12.0. The second-order valence-electron chi connectivity index (χ2n) is 10.6. The van der Waals surface area contributed by atoms with Crippen LogP contribution in [0.25, 0.3) is 0 Å². The fourth-order valence-corrected chi connectivity index (χ4v) is 6.22. The number of carbonyl (C=O) groups is 4. The molecule has 1 aliphatic heterocycles. The zero-order chi connectivity index (χ0) is 27.7. The molecule has 1 spiro atoms. The highest BCUT2D eigenvalue weighted by Gasteiger charge is 2.74. The summed E-state index contributed by atoms with van der Waals surface area (Å²) in [5.74, 6) is -3.03. The van der Waals surface area contributed by atoms with Crippen molar-refractivity contribution in [3.8, 4) is 0 Å². The Hall–Kier alpha value is -2.78. The topological polar surface area (TPSA) is 125 Å². The number of aliphatic hydroxyl groups excluding tert-OH is 1. The highest BCUT2D eigenvalue weighted by molar-refractivity contribution is 5.92. The fourth-order valence-electron chi connectivity index (χ4n) is 6.22. The second-order valence-corrected chi connectivity index (χ2v) is 10.6. The summed E-state index contributed by atoms with van der Waals surface area (Å²) in [6.45, 7) is 13.8. The summed E-state index contributed by atoms with van der Waals surface area (Å²) in [6.07, 6.45) is 1.10. The maximum absolute atomic E-state index is 13.1. The Morgan fingerprint density at radius 2 is 1.84 bits per heavy atom. The van der Waals surface area contributed by atoms with Gasteiger partial charge >= 0.3 is 17.9 Å². The van der Waals surface area contributed by atoms with Crippen LogP contribution in [0.4, 0.5) is 0 Å². The maximum atomic E-state index is 13.1. The Bertz CT molecular complexity index is 1030. The molecule has 1 saturated carbocycles. The van der Waals surface area contributed by atoms with Crippen LogP contribution < -0.4 is 0 Å². The summed E-state index contributed by atoms with van der Waals surface area (Å²) < 4.78 is 22.8. The zero-order valence-corrected chi connectivity index (χ0v) is 22.4. The molecule has 37 heavy (non-hydrogen) atoms. The molecule has 204 valence electrons. The van der Waals surface area contributed by atoms with Gasteiger partial charge in [-0.3, -0.25) is 23.9 Å². The monoisotopic (exact) mass is 518 g/mol. The average Bonchev–Trinajstić information content (AvgIpc) is 3.10. The molecule has 9 nitrogen and oxygen atoms in total. The van der Waals surface area contributed by atoms with Crippen molar-refractivity contribution in [2.45, 2.75) is 92.0 Å². The van der Waals surface area contributed by atoms with Gasteiger partial charge in [-0.05, 0) is 37.2 Å². The Balaban J connectivity index is 2.28. The van der Waals surface area contributed by atoms with Crippen LogP contribution >= 0.6 is 0 Å². The quantitative estimate of drug-likeness (QED) is 0.292. The molecular formula is C28H38O9. The van der Waals surface area contributed by atoms with E-state index < -0.39 is 65.4 Å². The standard InChI is InChI=1S/C28H38O9/c1-8-10-22(32)36-23-16(4)27(7,12-11-15(3)9-2)21-14-19(31)13-20-25(34-17(5)29)37-26(35-18(6)30)28(20,21)24(23)33/h9,11,13,16,21,23-26,33H,2,8,10,12,14H2,1,3-7H3/b15-11-/t16-,21+,23-,24+,25+,26-,27-,28-/m1/s1. The van der Waals surface area contributed by atoms with Gasteiger partial charge in [0.1, 0.15) is 12.2 Å². The van der Waals surface area contributed by atoms with E-state index >= 15 is 0 Å². The first kappa shape index (κ1) is 28.8. The van der Waals surface area contributed by atoms with Gasteiger partial charge in [0.15, 0.2) is 5.78 Å². The lowest BCUT2D eigenvalue weighted by Gasteiger charge is -2.61. The van der Waals surface area contributed by atoms with Crippen molar-refractivity contribution in [3.05, 3.63) is 36.0 Å². The number of hydrogen-bond donors (Lipinski definition) is 1. The number of esters is 3. The molecule has 8 atom stereocenters. The molecule has 1 saturated heterocycles. The number of carbonyl (C=O) groups excluding carboxylic acids is 4. The molecule has 0 unspecified atom stereocenters. The molecular weight excluding hydrogens is 480 g/mol. The number of allylic oxidation sites excluding steroid dienone is 4. The van der Waals surface area contributed by atoms with Crippen LogP contribution in [0.15, 0.2) is 36.0 Å². The van der Waals surface area contributed by atoms with E-state index in [1.807, 2.05) is 33.8 Å². The number of aliphatic hydroxyl groups is 1. The van der Waals surface area contributed by atoms with Crippen LogP contribution in [0.2, 0.25) is 0 Å². The van der Waals surface area contributed by atoms with E-state index in [9.17, 15) is 24.3 Å². The first-order chi connectivity index (χ1) is 17.3. The van der Waals surface area contributed by atoms with Gasteiger partial charge in [0, 0.05) is 38.2 Å². The molecule has 3 rings (SSSR count). The van der Waals surface area contributed by atoms with Gasteiger partial charge in [-0.25, -0.2) is 0 Å². The van der Waals surface area contributed by atoms with E-state index in [4.69, 9.17) is 18.9 Å². The second kappa shape index (κ2) is 10.9. The van der Waals surface area contributed by atoms with E-state index in [1.165, 1.54) is 19.9 Å². The number of ketones is 1. The molecule has 0 amide bonds. The minimum atomic E-state index is -1.49. The summed E-state index contributed by atoms with van der Waals surface area (Å²) >= 11 is 0. The van der Waals surface area contributed by atoms with Crippen LogP contribution in [-0.4, -0.2) is 53.6 Å². The largest absolute Gasteiger partial charge is 0.459 e. The molecule has 1 heterocycles. The highest BCUT2D eigenvalue weighted by Crippen LogP contribution is 2.67. The van der Waals surface area contributed by atoms with E-state index in [0.717, 1.165) is 5.57 Å². The van der Waals surface area contributed by atoms with Crippen molar-refractivity contribution >= 4 is 23.7 Å². The third kappa shape index (κ3) is 5.03. The van der Waals surface area contributed by atoms with Gasteiger partial charge in [-0.15, -0.1) is 0 Å². The Kier molecular flexibility index (Phi) is 8.49. The first-order valence-corrected chi connectivity index (χ1v) is 12.7. The van der Waals surface area contributed by atoms with Crippen molar-refractivity contribution in [2.24, 2.45) is 22.7 Å². The van der Waals surface area contributed by atoms with Gasteiger partial charge < -0.3 is 19.3 Å². The van der Waals surface area contributed by atoms with Gasteiger partial charge in [-0.2, -0.15) is 0 Å². The first-order valence-electron chi connectivity index (χ1n) is 12.7. The molecule has 2 fully saturated rings. The van der Waals surface area contributed by atoms with Crippen LogP contribution in [0.3, 0.4) is 0 Å². The van der Waals surface area contributed by atoms with Crippen LogP contribution in [-0.2, 0) is 38.1 Å². The summed E-state index contributed by atoms with van der Waals surface area (Å²) in [4.78, 5) is 49.9. The predicted octanol–water partition coefficient (Wildman–Crippen LogP) is 3.55. The summed E-state index contributed by atoms with van der Waals surface area (Å²) in [5.41, 5.74) is -1.10. The maximum Gasteiger partial charge on any atom is 0.306 e. The Labute approximate surface area is 217 Å². The third-order valence-electron chi connectivity index (χ3n) is 8.27. The van der Waals surface area contributed by atoms with Gasteiger partial charge in [0.05, 0.1) is 5.41 Å². The predicted molar refractivity (Wildman–Crippen MR) is 132 cm³/mol. The van der Waals surface area contributed by atoms with Crippen molar-refractivity contribution in [1.29, 1.82) is 0 Å². The van der Waals surface area contributed by atoms with Crippen LogP contribution in [0.1, 0.15) is 67.2 Å². The summed E-state index contributed by atoms with van der Waals surface area (Å²) in [7, 11) is 0. The lowest BCUT2D eigenvalue weighted by atomic mass is 9.44. The number of rotatable bonds is 8. The van der Waals surface area contributed by atoms with E-state index in [0.29, 0.717) is 12.8 Å². The van der Waals surface area contributed by atoms with Gasteiger partial charge in [0.2, 0.25) is 12.6 Å². The van der Waals surface area contributed by atoms with Crippen molar-refractivity contribution in [2.75, 3.05) is 0 Å². The van der Waals surface area contributed by atoms with E-state index in [2.05, 4.69) is 6.58 Å². The molecule has 1 N–H and O–H groups in total. The SMILES string of the molecule is C=C/C(C)=C\C[C@]1(C)[C@H](C)[C@@H](OC(=O)CCC)[C@H](O)[C@@]23C(=CC(=O)C[C@@H]12)[C@@H](OC(C)=O)O[C@H]3OC(C)=O. The lowest BCUT2D eigenvalue weighted by molar-refractivity contribution is -0.272. The Morgan fingerprint density at radius 3 is 2.41 bits per heavy atom. The van der Waals surface area contributed by atoms with Crippen molar-refractivity contribution in [3.63, 3.8) is 0 Å². The average molecular weight is 519 g/mol. The lowest BCUT2D eigenvalue weighted by Crippen LogP contribution is -2.68. The third-order valence-corrected chi connectivity index (χ3v) is 8.27. The zero-order valence-electron chi connectivity index (χ0n) is 22.4. The normalized spacial score (nSPS) is 37.1. The van der Waals surface area contributed by atoms with Crippen molar-refractivity contribution in [1.82, 2.24) is 0 Å². The smallest absolute Gasteiger partial charge is 0.306 e. The fraction of sp³-hybridized carbons (Fsp3) is 0.643. The molecule has 3 aliphatic rings. The van der Waals surface area contributed by atoms with Crippen molar-refractivity contribution < 1.29 is 43.2 Å². The summed E-state index contributed by atoms with van der Waals surface area (Å²) in [6, 6.07) is 0. The van der Waals surface area contributed by atoms with E-state index in [-0.39, 0.29) is 24.2 Å². The minimum Gasteiger partial charge on any atom is -0.459 e. The van der Waals surface area contributed by atoms with Crippen LogP contribution in [0, 0.1) is 22.7 Å². The molecule has 2 aliphatic carbocycles. The molecule has 0 aromatic rings. The molecule has 0 aromatic heterocycles. The van der Waals surface area contributed by atoms with Gasteiger partial charge in [0.25, 0.3) is 0 Å². The van der Waals surface area contributed by atoms with Crippen LogP contribution in [0.5, 0.6) is 0 Å². The Morgan fingerprint density at radius 1 is 1.19 bits per heavy atom. The molecule has 0 aromatic carbocycles. The highest BCUT2D eigenvalue weighted by atomic mass is 16.8. The molecule has 9 heteroatoms. The van der Waals surface area contributed by atoms with E-state index in [1.54, 1.807) is 6.08 Å².